The lowest BCUT2D eigenvalue weighted by atomic mass is 10.2. The minimum Gasteiger partial charge on any atom is -0.479 e. The number of thiocarbonyl (C=S) groups is 1. The van der Waals surface area contributed by atoms with E-state index in [4.69, 9.17) is 22.1 Å². The number of hydrogen-bond donors (Lipinski definition) is 2. The Morgan fingerprint density at radius 1 is 1.28 bits per heavy atom. The van der Waals surface area contributed by atoms with Gasteiger partial charge in [0, 0.05) is 17.7 Å². The molecule has 12 heteroatoms. The summed E-state index contributed by atoms with van der Waals surface area (Å²) in [6, 6.07) is 11.4. The molecule has 1 aliphatic rings. The van der Waals surface area contributed by atoms with Crippen LogP contribution in [0.2, 0.25) is 0 Å². The molecule has 2 aromatic rings. The predicted molar refractivity (Wildman–Crippen MR) is 120 cm³/mol. The highest BCUT2D eigenvalue weighted by Gasteiger charge is 2.33. The van der Waals surface area contributed by atoms with E-state index in [0.717, 1.165) is 16.8 Å². The summed E-state index contributed by atoms with van der Waals surface area (Å²) in [7, 11) is 0. The number of nitrogens with one attached hydrogen (secondary N) is 1. The van der Waals surface area contributed by atoms with Gasteiger partial charge in [0.25, 0.3) is 17.5 Å². The number of carboxylic acids is 1. The topological polar surface area (TPSA) is 139 Å². The predicted octanol–water partition coefficient (Wildman–Crippen LogP) is 2.99. The highest BCUT2D eigenvalue weighted by atomic mass is 32.2. The van der Waals surface area contributed by atoms with Crippen LogP contribution in [0.4, 0.5) is 5.69 Å². The molecule has 2 amide bonds. The molecule has 164 valence electrons. The molecule has 32 heavy (non-hydrogen) atoms. The highest BCUT2D eigenvalue weighted by Crippen LogP contribution is 2.32. The Morgan fingerprint density at radius 3 is 2.59 bits per heavy atom. The Labute approximate surface area is 191 Å². The number of amides is 2. The van der Waals surface area contributed by atoms with Gasteiger partial charge in [-0.05, 0) is 55.0 Å². The number of non-ortho nitro benzene ring substituents is 1. The summed E-state index contributed by atoms with van der Waals surface area (Å²) in [5.41, 5.74) is 2.91. The first-order chi connectivity index (χ1) is 15.2. The normalized spacial score (nSPS) is 15.5. The second-order valence-electron chi connectivity index (χ2n) is 6.43. The first kappa shape index (κ1) is 22.9. The smallest absolute Gasteiger partial charge is 0.344 e. The van der Waals surface area contributed by atoms with Crippen LogP contribution in [0.1, 0.15) is 22.8 Å². The van der Waals surface area contributed by atoms with Crippen LogP contribution in [0, 0.1) is 10.1 Å². The molecule has 0 aromatic heterocycles. The van der Waals surface area contributed by atoms with E-state index in [2.05, 4.69) is 5.43 Å². The molecular formula is C20H15N3O7S2. The third kappa shape index (κ3) is 5.28. The summed E-state index contributed by atoms with van der Waals surface area (Å²) in [5, 5.41) is 20.6. The largest absolute Gasteiger partial charge is 0.479 e. The molecule has 3 rings (SSSR count). The Hall–Kier alpha value is -3.77. The molecule has 1 saturated heterocycles. The number of thioether (sulfide) groups is 1. The van der Waals surface area contributed by atoms with Crippen LogP contribution in [0.3, 0.4) is 0 Å². The Balaban J connectivity index is 1.73. The Kier molecular flexibility index (Phi) is 6.85. The third-order valence-electron chi connectivity index (χ3n) is 4.16. The zero-order valence-corrected chi connectivity index (χ0v) is 18.0. The lowest BCUT2D eigenvalue weighted by Crippen LogP contribution is -2.44. The number of carboxylic acid groups (broad SMARTS) is 1. The molecule has 0 aliphatic carbocycles. The average molecular weight is 473 g/mol. The van der Waals surface area contributed by atoms with Crippen LogP contribution >= 0.6 is 24.0 Å². The lowest BCUT2D eigenvalue weighted by molar-refractivity contribution is -0.384. The van der Waals surface area contributed by atoms with Crippen molar-refractivity contribution in [2.45, 2.75) is 13.0 Å². The second-order valence-corrected chi connectivity index (χ2v) is 8.11. The maximum Gasteiger partial charge on any atom is 0.344 e. The SMILES string of the molecule is CC(Oc1cccc(/C=C2/SC(=S)N(NC(=O)c3ccc([N+](=O)[O-])cc3)C2=O)c1)C(=O)O. The molecule has 1 aliphatic heterocycles. The van der Waals surface area contributed by atoms with Gasteiger partial charge in [-0.15, -0.1) is 0 Å². The zero-order chi connectivity index (χ0) is 23.4. The van der Waals surface area contributed by atoms with Crippen LogP contribution in [0.5, 0.6) is 5.75 Å². The van der Waals surface area contributed by atoms with E-state index in [-0.39, 0.29) is 20.5 Å². The number of carbonyl (C=O) groups is 3. The van der Waals surface area contributed by atoms with Crippen molar-refractivity contribution in [1.29, 1.82) is 0 Å². The molecule has 1 atom stereocenters. The Morgan fingerprint density at radius 2 is 1.97 bits per heavy atom. The van der Waals surface area contributed by atoms with Gasteiger partial charge >= 0.3 is 5.97 Å². The minimum absolute atomic E-state index is 0.100. The van der Waals surface area contributed by atoms with Gasteiger partial charge in [-0.25, -0.2) is 4.79 Å². The fourth-order valence-electron chi connectivity index (χ4n) is 2.55. The summed E-state index contributed by atoms with van der Waals surface area (Å²) in [5.74, 6) is -2.01. The highest BCUT2D eigenvalue weighted by molar-refractivity contribution is 8.26. The summed E-state index contributed by atoms with van der Waals surface area (Å²) in [6.45, 7) is 1.40. The Bertz CT molecular complexity index is 1150. The number of nitro benzene ring substituents is 1. The van der Waals surface area contributed by atoms with E-state index in [9.17, 15) is 24.5 Å². The number of hydrogen-bond acceptors (Lipinski definition) is 8. The van der Waals surface area contributed by atoms with Crippen molar-refractivity contribution < 1.29 is 29.2 Å². The van der Waals surface area contributed by atoms with Crippen molar-refractivity contribution in [2.24, 2.45) is 0 Å². The lowest BCUT2D eigenvalue weighted by Gasteiger charge is -2.15. The maximum atomic E-state index is 12.7. The van der Waals surface area contributed by atoms with Gasteiger partial charge < -0.3 is 9.84 Å². The van der Waals surface area contributed by atoms with Crippen LogP contribution in [0.15, 0.2) is 53.4 Å². The molecule has 1 fully saturated rings. The van der Waals surface area contributed by atoms with E-state index >= 15 is 0 Å². The number of benzene rings is 2. The second kappa shape index (κ2) is 9.58. The number of carbonyl (C=O) groups excluding carboxylic acids is 2. The van der Waals surface area contributed by atoms with E-state index < -0.39 is 28.8 Å². The van der Waals surface area contributed by atoms with Crippen molar-refractivity contribution in [3.05, 3.63) is 74.7 Å². The zero-order valence-electron chi connectivity index (χ0n) is 16.4. The van der Waals surface area contributed by atoms with Gasteiger partial charge in [-0.2, -0.15) is 5.01 Å². The number of aliphatic carboxylic acids is 1. The summed E-state index contributed by atoms with van der Waals surface area (Å²) in [4.78, 5) is 46.5. The van der Waals surface area contributed by atoms with Crippen molar-refractivity contribution in [2.75, 3.05) is 0 Å². The number of nitro groups is 1. The van der Waals surface area contributed by atoms with Crippen molar-refractivity contribution in [3.8, 4) is 5.75 Å². The molecule has 0 radical (unpaired) electrons. The van der Waals surface area contributed by atoms with Gasteiger partial charge in [-0.3, -0.25) is 25.1 Å². The monoisotopic (exact) mass is 473 g/mol. The van der Waals surface area contributed by atoms with Crippen molar-refractivity contribution >= 4 is 57.8 Å². The van der Waals surface area contributed by atoms with Gasteiger partial charge in [0.2, 0.25) is 0 Å². The third-order valence-corrected chi connectivity index (χ3v) is 5.47. The van der Waals surface area contributed by atoms with Gasteiger partial charge in [0.05, 0.1) is 9.83 Å². The fourth-order valence-corrected chi connectivity index (χ4v) is 3.73. The van der Waals surface area contributed by atoms with Crippen molar-refractivity contribution in [1.82, 2.24) is 10.4 Å². The standard InChI is InChI=1S/C20H15N3O7S2/c1-11(19(26)27)30-15-4-2-3-12(9-15)10-16-18(25)22(20(31)32-16)21-17(24)13-5-7-14(8-6-13)23(28)29/h2-11H,1H3,(H,21,24)(H,26,27)/b16-10+. The molecule has 1 heterocycles. The van der Waals surface area contributed by atoms with Gasteiger partial charge in [0.15, 0.2) is 10.4 Å². The first-order valence-electron chi connectivity index (χ1n) is 8.98. The first-order valence-corrected chi connectivity index (χ1v) is 10.2. The maximum absolute atomic E-state index is 12.7. The summed E-state index contributed by atoms with van der Waals surface area (Å²) in [6.07, 6.45) is 0.494. The van der Waals surface area contributed by atoms with Crippen LogP contribution in [0.25, 0.3) is 6.08 Å². The number of nitrogens with zero attached hydrogens (tertiary/aromatic N) is 2. The molecule has 2 N–H and O–H groups in total. The summed E-state index contributed by atoms with van der Waals surface area (Å²) >= 11 is 6.15. The van der Waals surface area contributed by atoms with E-state index in [1.54, 1.807) is 24.3 Å². The number of hydrazine groups is 1. The van der Waals surface area contributed by atoms with Crippen LogP contribution in [-0.4, -0.2) is 43.2 Å². The van der Waals surface area contributed by atoms with E-state index in [1.807, 2.05) is 0 Å². The molecule has 1 unspecified atom stereocenters. The van der Waals surface area contributed by atoms with Gasteiger partial charge in [-0.1, -0.05) is 23.9 Å². The quantitative estimate of drug-likeness (QED) is 0.269. The van der Waals surface area contributed by atoms with Gasteiger partial charge in [0.1, 0.15) is 5.75 Å². The molecule has 10 nitrogen and oxygen atoms in total. The summed E-state index contributed by atoms with van der Waals surface area (Å²) < 4.78 is 5.42. The minimum atomic E-state index is -1.11. The van der Waals surface area contributed by atoms with Crippen LogP contribution < -0.4 is 10.2 Å². The molecule has 0 saturated carbocycles. The fraction of sp³-hybridized carbons (Fsp3) is 0.100. The van der Waals surface area contributed by atoms with Crippen LogP contribution in [-0.2, 0) is 9.59 Å². The molecule has 2 aromatic carbocycles. The average Bonchev–Trinajstić information content (AvgIpc) is 3.01. The number of rotatable bonds is 7. The number of ether oxygens (including phenoxy) is 1. The van der Waals surface area contributed by atoms with Crippen molar-refractivity contribution in [3.63, 3.8) is 0 Å². The molecule has 0 spiro atoms. The van der Waals surface area contributed by atoms with E-state index in [1.165, 1.54) is 37.3 Å². The van der Waals surface area contributed by atoms with E-state index in [0.29, 0.717) is 11.3 Å². The molecular weight excluding hydrogens is 458 g/mol. The molecule has 0 bridgehead atoms.